The number of rotatable bonds is 3. The lowest BCUT2D eigenvalue weighted by Crippen LogP contribution is -2.22. The van der Waals surface area contributed by atoms with Crippen LogP contribution >= 0.6 is 27.3 Å². The van der Waals surface area contributed by atoms with Crippen molar-refractivity contribution in [2.45, 2.75) is 6.54 Å². The van der Waals surface area contributed by atoms with Gasteiger partial charge in [0.2, 0.25) is 0 Å². The predicted octanol–water partition coefficient (Wildman–Crippen LogP) is 3.44. The van der Waals surface area contributed by atoms with Crippen molar-refractivity contribution in [1.29, 1.82) is 0 Å². The third-order valence-electron chi connectivity index (χ3n) is 2.13. The highest BCUT2D eigenvalue weighted by Gasteiger charge is 2.04. The molecule has 4 heteroatoms. The molecule has 2 rings (SSSR count). The van der Waals surface area contributed by atoms with Gasteiger partial charge in [0.1, 0.15) is 0 Å². The fourth-order valence-electron chi connectivity index (χ4n) is 1.32. The van der Waals surface area contributed by atoms with Crippen molar-refractivity contribution in [3.8, 4) is 0 Å². The zero-order valence-electron chi connectivity index (χ0n) is 8.44. The van der Waals surface area contributed by atoms with E-state index in [1.54, 1.807) is 0 Å². The number of hydrogen-bond donors (Lipinski definition) is 1. The van der Waals surface area contributed by atoms with Crippen LogP contribution in [0, 0.1) is 0 Å². The Kier molecular flexibility index (Phi) is 3.74. The van der Waals surface area contributed by atoms with E-state index in [9.17, 15) is 4.79 Å². The third-order valence-corrected chi connectivity index (χ3v) is 3.30. The SMILES string of the molecule is O=C(NCc1cccc(Br)c1)c1ccsc1. The number of thiophene rings is 1. The molecule has 0 spiro atoms. The second kappa shape index (κ2) is 5.27. The number of nitrogens with one attached hydrogen (secondary N) is 1. The van der Waals surface area contributed by atoms with Gasteiger partial charge in [-0.25, -0.2) is 0 Å². The Bertz CT molecular complexity index is 482. The minimum Gasteiger partial charge on any atom is -0.348 e. The van der Waals surface area contributed by atoms with Crippen LogP contribution in [0.1, 0.15) is 15.9 Å². The topological polar surface area (TPSA) is 29.1 Å². The van der Waals surface area contributed by atoms with E-state index in [0.29, 0.717) is 6.54 Å². The van der Waals surface area contributed by atoms with E-state index in [1.165, 1.54) is 11.3 Å². The summed E-state index contributed by atoms with van der Waals surface area (Å²) in [5.41, 5.74) is 1.80. The van der Waals surface area contributed by atoms with E-state index in [0.717, 1.165) is 15.6 Å². The quantitative estimate of drug-likeness (QED) is 0.923. The number of carbonyl (C=O) groups is 1. The molecule has 0 saturated carbocycles. The molecule has 1 aromatic carbocycles. The lowest BCUT2D eigenvalue weighted by Gasteiger charge is -2.04. The highest BCUT2D eigenvalue weighted by atomic mass is 79.9. The van der Waals surface area contributed by atoms with Crippen LogP contribution in [-0.4, -0.2) is 5.91 Å². The van der Waals surface area contributed by atoms with Gasteiger partial charge < -0.3 is 5.32 Å². The first-order chi connectivity index (χ1) is 7.75. The van der Waals surface area contributed by atoms with Gasteiger partial charge in [0, 0.05) is 22.0 Å². The molecule has 1 amide bonds. The Morgan fingerprint density at radius 3 is 2.94 bits per heavy atom. The van der Waals surface area contributed by atoms with Crippen LogP contribution < -0.4 is 5.32 Å². The minimum absolute atomic E-state index is 0.0266. The molecule has 0 radical (unpaired) electrons. The highest BCUT2D eigenvalue weighted by molar-refractivity contribution is 9.10. The van der Waals surface area contributed by atoms with E-state index in [4.69, 9.17) is 0 Å². The summed E-state index contributed by atoms with van der Waals surface area (Å²) in [5.74, 6) is -0.0266. The summed E-state index contributed by atoms with van der Waals surface area (Å²) in [6.07, 6.45) is 0. The second-order valence-electron chi connectivity index (χ2n) is 3.32. The molecular weight excluding hydrogens is 286 g/mol. The van der Waals surface area contributed by atoms with Gasteiger partial charge in [-0.3, -0.25) is 4.79 Å². The Hall–Kier alpha value is -1.13. The third kappa shape index (κ3) is 2.93. The number of amides is 1. The van der Waals surface area contributed by atoms with E-state index in [1.807, 2.05) is 41.1 Å². The van der Waals surface area contributed by atoms with E-state index in [-0.39, 0.29) is 5.91 Å². The van der Waals surface area contributed by atoms with Crippen molar-refractivity contribution in [2.75, 3.05) is 0 Å². The molecular formula is C12H10BrNOS. The smallest absolute Gasteiger partial charge is 0.252 e. The standard InChI is InChI=1S/C12H10BrNOS/c13-11-3-1-2-9(6-11)7-14-12(15)10-4-5-16-8-10/h1-6,8H,7H2,(H,14,15). The maximum atomic E-state index is 11.6. The van der Waals surface area contributed by atoms with Crippen molar-refractivity contribution < 1.29 is 4.79 Å². The average molecular weight is 296 g/mol. The van der Waals surface area contributed by atoms with Gasteiger partial charge in [0.15, 0.2) is 0 Å². The summed E-state index contributed by atoms with van der Waals surface area (Å²) in [6, 6.07) is 9.72. The van der Waals surface area contributed by atoms with E-state index >= 15 is 0 Å². The van der Waals surface area contributed by atoms with Crippen LogP contribution in [0.15, 0.2) is 45.6 Å². The van der Waals surface area contributed by atoms with Gasteiger partial charge >= 0.3 is 0 Å². The largest absolute Gasteiger partial charge is 0.348 e. The number of halogens is 1. The van der Waals surface area contributed by atoms with Crippen LogP contribution in [0.25, 0.3) is 0 Å². The molecule has 16 heavy (non-hydrogen) atoms. The molecule has 0 aliphatic rings. The molecule has 0 aliphatic carbocycles. The Balaban J connectivity index is 1.95. The first kappa shape index (κ1) is 11.4. The molecule has 0 bridgehead atoms. The summed E-state index contributed by atoms with van der Waals surface area (Å²) in [6.45, 7) is 0.550. The van der Waals surface area contributed by atoms with Gasteiger partial charge in [-0.2, -0.15) is 11.3 Å². The van der Waals surface area contributed by atoms with Crippen molar-refractivity contribution in [2.24, 2.45) is 0 Å². The van der Waals surface area contributed by atoms with Gasteiger partial charge in [-0.1, -0.05) is 28.1 Å². The van der Waals surface area contributed by atoms with E-state index < -0.39 is 0 Å². The second-order valence-corrected chi connectivity index (χ2v) is 5.02. The maximum absolute atomic E-state index is 11.6. The number of benzene rings is 1. The minimum atomic E-state index is -0.0266. The molecule has 82 valence electrons. The van der Waals surface area contributed by atoms with Gasteiger partial charge in [-0.05, 0) is 29.1 Å². The van der Waals surface area contributed by atoms with Crippen LogP contribution in [0.3, 0.4) is 0 Å². The lowest BCUT2D eigenvalue weighted by atomic mass is 10.2. The number of hydrogen-bond acceptors (Lipinski definition) is 2. The molecule has 0 atom stereocenters. The fraction of sp³-hybridized carbons (Fsp3) is 0.0833. The molecule has 1 heterocycles. The zero-order valence-corrected chi connectivity index (χ0v) is 10.8. The first-order valence-electron chi connectivity index (χ1n) is 4.80. The van der Waals surface area contributed by atoms with Crippen LogP contribution in [0.5, 0.6) is 0 Å². The molecule has 2 aromatic rings. The predicted molar refractivity (Wildman–Crippen MR) is 69.6 cm³/mol. The molecule has 0 unspecified atom stereocenters. The van der Waals surface area contributed by atoms with Gasteiger partial charge in [0.05, 0.1) is 0 Å². The van der Waals surface area contributed by atoms with Crippen LogP contribution in [0.4, 0.5) is 0 Å². The van der Waals surface area contributed by atoms with Crippen LogP contribution in [0.2, 0.25) is 0 Å². The van der Waals surface area contributed by atoms with Crippen LogP contribution in [-0.2, 0) is 6.54 Å². The lowest BCUT2D eigenvalue weighted by molar-refractivity contribution is 0.0951. The summed E-state index contributed by atoms with van der Waals surface area (Å²) in [4.78, 5) is 11.6. The Morgan fingerprint density at radius 2 is 2.25 bits per heavy atom. The Morgan fingerprint density at radius 1 is 1.38 bits per heavy atom. The van der Waals surface area contributed by atoms with Gasteiger partial charge in [0.25, 0.3) is 5.91 Å². The fourth-order valence-corrected chi connectivity index (χ4v) is 2.41. The Labute approximate surface area is 106 Å². The summed E-state index contributed by atoms with van der Waals surface area (Å²) >= 11 is 4.92. The van der Waals surface area contributed by atoms with Crippen molar-refractivity contribution in [1.82, 2.24) is 5.32 Å². The summed E-state index contributed by atoms with van der Waals surface area (Å²) in [7, 11) is 0. The first-order valence-corrected chi connectivity index (χ1v) is 6.54. The molecule has 1 aromatic heterocycles. The molecule has 2 nitrogen and oxygen atoms in total. The number of carbonyl (C=O) groups excluding carboxylic acids is 1. The maximum Gasteiger partial charge on any atom is 0.252 e. The summed E-state index contributed by atoms with van der Waals surface area (Å²) in [5, 5.41) is 6.62. The normalized spacial score (nSPS) is 10.1. The van der Waals surface area contributed by atoms with E-state index in [2.05, 4.69) is 21.2 Å². The molecule has 0 fully saturated rings. The summed E-state index contributed by atoms with van der Waals surface area (Å²) < 4.78 is 1.02. The van der Waals surface area contributed by atoms with Crippen molar-refractivity contribution >= 4 is 33.2 Å². The highest BCUT2D eigenvalue weighted by Crippen LogP contribution is 2.12. The zero-order chi connectivity index (χ0) is 11.4. The molecule has 0 saturated heterocycles. The van der Waals surface area contributed by atoms with Gasteiger partial charge in [-0.15, -0.1) is 0 Å². The monoisotopic (exact) mass is 295 g/mol. The molecule has 1 N–H and O–H groups in total. The van der Waals surface area contributed by atoms with Crippen molar-refractivity contribution in [3.63, 3.8) is 0 Å². The molecule has 0 aliphatic heterocycles. The van der Waals surface area contributed by atoms with Crippen molar-refractivity contribution in [3.05, 3.63) is 56.7 Å². The average Bonchev–Trinajstić information content (AvgIpc) is 2.79.